The highest BCUT2D eigenvalue weighted by molar-refractivity contribution is 7.87. The molecular formula is C28H41Cl3N4O3S. The third kappa shape index (κ3) is 7.22. The molecule has 0 spiro atoms. The molecule has 2 heterocycles. The molecule has 1 saturated carbocycles. The van der Waals surface area contributed by atoms with Crippen molar-refractivity contribution < 1.29 is 13.2 Å². The van der Waals surface area contributed by atoms with Crippen molar-refractivity contribution >= 4 is 46.6 Å². The summed E-state index contributed by atoms with van der Waals surface area (Å²) in [6.07, 6.45) is 5.59. The fraction of sp³-hybridized carbons (Fsp3) is 0.571. The van der Waals surface area contributed by atoms with Crippen molar-refractivity contribution in [1.29, 1.82) is 0 Å². The monoisotopic (exact) mass is 618 g/mol. The lowest BCUT2D eigenvalue weighted by molar-refractivity contribution is 0.164. The first-order valence-corrected chi connectivity index (χ1v) is 15.5. The van der Waals surface area contributed by atoms with Crippen LogP contribution in [0.25, 0.3) is 0 Å². The molecule has 39 heavy (non-hydrogen) atoms. The van der Waals surface area contributed by atoms with Crippen molar-refractivity contribution in [3.05, 3.63) is 64.2 Å². The second-order valence-corrected chi connectivity index (χ2v) is 12.7. The molecule has 2 fully saturated rings. The van der Waals surface area contributed by atoms with Crippen LogP contribution in [0.4, 0.5) is 0 Å². The summed E-state index contributed by atoms with van der Waals surface area (Å²) in [5.41, 5.74) is 4.06. The van der Waals surface area contributed by atoms with E-state index in [0.29, 0.717) is 13.1 Å². The van der Waals surface area contributed by atoms with E-state index >= 15 is 0 Å². The summed E-state index contributed by atoms with van der Waals surface area (Å²) in [6, 6.07) is 14.9. The average molecular weight is 620 g/mol. The molecule has 5 rings (SSSR count). The van der Waals surface area contributed by atoms with Gasteiger partial charge in [-0.15, -0.1) is 24.8 Å². The maximum absolute atomic E-state index is 12.7. The lowest BCUT2D eigenvalue weighted by Gasteiger charge is -2.50. The number of halogens is 3. The van der Waals surface area contributed by atoms with Crippen LogP contribution >= 0.6 is 36.4 Å². The summed E-state index contributed by atoms with van der Waals surface area (Å²) in [5, 5.41) is 4.57. The second kappa shape index (κ2) is 14.2. The van der Waals surface area contributed by atoms with Crippen LogP contribution in [0.3, 0.4) is 0 Å². The first-order valence-electron chi connectivity index (χ1n) is 13.6. The Morgan fingerprint density at radius 2 is 1.79 bits per heavy atom. The van der Waals surface area contributed by atoms with Gasteiger partial charge in [-0.3, -0.25) is 0 Å². The summed E-state index contributed by atoms with van der Waals surface area (Å²) in [5.74, 6) is 0.783. The highest BCUT2D eigenvalue weighted by atomic mass is 35.5. The average Bonchev–Trinajstić information content (AvgIpc) is 2.88. The molecule has 1 saturated heterocycles. The van der Waals surface area contributed by atoms with Crippen LogP contribution in [0.2, 0.25) is 5.02 Å². The predicted molar refractivity (Wildman–Crippen MR) is 163 cm³/mol. The molecule has 1 aliphatic carbocycles. The fourth-order valence-electron chi connectivity index (χ4n) is 6.14. The smallest absolute Gasteiger partial charge is 0.279 e. The fourth-order valence-corrected chi connectivity index (χ4v) is 7.43. The molecule has 0 amide bonds. The van der Waals surface area contributed by atoms with Gasteiger partial charge in [-0.25, -0.2) is 0 Å². The molecule has 7 nitrogen and oxygen atoms in total. The molecule has 0 bridgehead atoms. The summed E-state index contributed by atoms with van der Waals surface area (Å²) < 4.78 is 35.8. The lowest BCUT2D eigenvalue weighted by atomic mass is 9.58. The predicted octanol–water partition coefficient (Wildman–Crippen LogP) is 4.73. The molecule has 11 heteroatoms. The Kier molecular flexibility index (Phi) is 11.8. The van der Waals surface area contributed by atoms with E-state index in [1.165, 1.54) is 23.1 Å². The van der Waals surface area contributed by atoms with Crippen LogP contribution in [0.5, 0.6) is 5.75 Å². The maximum Gasteiger partial charge on any atom is 0.279 e. The van der Waals surface area contributed by atoms with Crippen molar-refractivity contribution in [2.24, 2.45) is 0 Å². The van der Waals surface area contributed by atoms with Gasteiger partial charge in [-0.1, -0.05) is 43.1 Å². The zero-order valence-electron chi connectivity index (χ0n) is 22.5. The number of hydrogen-bond acceptors (Lipinski definition) is 5. The number of fused-ring (bicyclic) bond motifs is 1. The molecular weight excluding hydrogens is 579 g/mol. The largest absolute Gasteiger partial charge is 0.492 e. The molecule has 2 aliphatic heterocycles. The molecule has 218 valence electrons. The number of nitrogens with one attached hydrogen (secondary N) is 2. The molecule has 2 N–H and O–H groups in total. The molecule has 3 aliphatic rings. The van der Waals surface area contributed by atoms with E-state index in [2.05, 4.69) is 46.1 Å². The zero-order chi connectivity index (χ0) is 25.9. The van der Waals surface area contributed by atoms with Crippen molar-refractivity contribution in [3.63, 3.8) is 0 Å². The number of ether oxygens (including phenoxy) is 1. The molecule has 2 aromatic rings. The first-order chi connectivity index (χ1) is 17.9. The SMILES string of the molecule is CCCN1CCN(S(=O)(=O)NCCOc2ccc3c(c2)C(C2(c4ccc(Cl)cc4)CCC2)NCC3)CC1.Cl.Cl. The Bertz CT molecular complexity index is 1170. The Morgan fingerprint density at radius 1 is 1.08 bits per heavy atom. The highest BCUT2D eigenvalue weighted by Crippen LogP contribution is 2.53. The van der Waals surface area contributed by atoms with Gasteiger partial charge in [0.2, 0.25) is 0 Å². The molecule has 1 unspecified atom stereocenters. The Morgan fingerprint density at radius 3 is 2.44 bits per heavy atom. The topological polar surface area (TPSA) is 73.9 Å². The minimum atomic E-state index is -3.49. The van der Waals surface area contributed by atoms with Gasteiger partial charge in [0.15, 0.2) is 0 Å². The van der Waals surface area contributed by atoms with Gasteiger partial charge in [0.05, 0.1) is 0 Å². The van der Waals surface area contributed by atoms with Crippen molar-refractivity contribution in [2.75, 3.05) is 52.4 Å². The third-order valence-electron chi connectivity index (χ3n) is 8.25. The maximum atomic E-state index is 12.7. The summed E-state index contributed by atoms with van der Waals surface area (Å²) in [4.78, 5) is 2.31. The Balaban J connectivity index is 0.00000210. The Hall–Kier alpha value is -1.10. The van der Waals surface area contributed by atoms with Crippen LogP contribution in [0, 0.1) is 0 Å². The van der Waals surface area contributed by atoms with Gasteiger partial charge in [0.1, 0.15) is 12.4 Å². The number of piperazine rings is 1. The van der Waals surface area contributed by atoms with Crippen LogP contribution in [-0.2, 0) is 22.0 Å². The summed E-state index contributed by atoms with van der Waals surface area (Å²) in [7, 11) is -3.49. The van der Waals surface area contributed by atoms with Crippen molar-refractivity contribution in [3.8, 4) is 5.75 Å². The van der Waals surface area contributed by atoms with Crippen LogP contribution < -0.4 is 14.8 Å². The molecule has 0 aromatic heterocycles. The second-order valence-electron chi connectivity index (χ2n) is 10.5. The van der Waals surface area contributed by atoms with E-state index < -0.39 is 10.2 Å². The van der Waals surface area contributed by atoms with Crippen molar-refractivity contribution in [2.45, 2.75) is 50.5 Å². The van der Waals surface area contributed by atoms with E-state index in [1.807, 2.05) is 18.2 Å². The van der Waals surface area contributed by atoms with Gasteiger partial charge in [0.25, 0.3) is 10.2 Å². The van der Waals surface area contributed by atoms with Crippen LogP contribution in [-0.4, -0.2) is 70.0 Å². The normalized spacial score (nSPS) is 21.1. The van der Waals surface area contributed by atoms with Gasteiger partial charge < -0.3 is 15.0 Å². The Labute approximate surface area is 251 Å². The first kappa shape index (κ1) is 32.4. The number of nitrogens with zero attached hydrogens (tertiary/aromatic N) is 2. The third-order valence-corrected chi connectivity index (χ3v) is 10.1. The van der Waals surface area contributed by atoms with Gasteiger partial charge in [-0.05, 0) is 79.7 Å². The van der Waals surface area contributed by atoms with Crippen LogP contribution in [0.15, 0.2) is 42.5 Å². The number of rotatable bonds is 10. The number of benzene rings is 2. The quantitative estimate of drug-likeness (QED) is 0.376. The van der Waals surface area contributed by atoms with E-state index in [4.69, 9.17) is 16.3 Å². The molecule has 1 atom stereocenters. The van der Waals surface area contributed by atoms with E-state index in [0.717, 1.165) is 62.6 Å². The van der Waals surface area contributed by atoms with E-state index in [9.17, 15) is 8.42 Å². The van der Waals surface area contributed by atoms with E-state index in [-0.39, 0.29) is 49.4 Å². The molecule has 0 radical (unpaired) electrons. The molecule has 2 aromatic carbocycles. The standard InChI is InChI=1S/C28H39ClN4O3S.2ClH/c1-2-15-32-16-18-33(19-17-32)37(34,35)31-14-20-36-25-9-4-22-10-13-30-27(26(22)21-25)28(11-3-12-28)23-5-7-24(29)8-6-23;;/h4-9,21,27,30-31H,2-3,10-20H2,1H3;2*1H. The van der Waals surface area contributed by atoms with Crippen molar-refractivity contribution in [1.82, 2.24) is 19.2 Å². The van der Waals surface area contributed by atoms with E-state index in [1.54, 1.807) is 4.31 Å². The van der Waals surface area contributed by atoms with Crippen LogP contribution in [0.1, 0.15) is 55.3 Å². The lowest BCUT2D eigenvalue weighted by Crippen LogP contribution is -2.52. The van der Waals surface area contributed by atoms with Gasteiger partial charge >= 0.3 is 0 Å². The van der Waals surface area contributed by atoms with Gasteiger partial charge in [0, 0.05) is 49.2 Å². The summed E-state index contributed by atoms with van der Waals surface area (Å²) in [6.45, 7) is 7.29. The number of hydrogen-bond donors (Lipinski definition) is 2. The highest BCUT2D eigenvalue weighted by Gasteiger charge is 2.47. The van der Waals surface area contributed by atoms with Gasteiger partial charge in [-0.2, -0.15) is 17.4 Å². The summed E-state index contributed by atoms with van der Waals surface area (Å²) >= 11 is 6.18. The minimum Gasteiger partial charge on any atom is -0.492 e. The minimum absolute atomic E-state index is 0. The zero-order valence-corrected chi connectivity index (χ0v) is 25.7.